The van der Waals surface area contributed by atoms with Crippen molar-refractivity contribution in [3.8, 4) is 16.3 Å². The fourth-order valence-corrected chi connectivity index (χ4v) is 4.23. The Hall–Kier alpha value is -3.18. The zero-order valence-corrected chi connectivity index (χ0v) is 17.9. The van der Waals surface area contributed by atoms with Crippen molar-refractivity contribution < 1.29 is 9.53 Å². The molecular weight excluding hydrogens is 392 g/mol. The van der Waals surface area contributed by atoms with Gasteiger partial charge in [-0.2, -0.15) is 0 Å². The number of carbonyl (C=O) groups excluding carboxylic acids is 1. The highest BCUT2D eigenvalue weighted by Gasteiger charge is 2.13. The van der Waals surface area contributed by atoms with Gasteiger partial charge in [0.25, 0.3) is 5.91 Å². The van der Waals surface area contributed by atoms with Crippen LogP contribution in [0.2, 0.25) is 0 Å². The van der Waals surface area contributed by atoms with Gasteiger partial charge in [0.2, 0.25) is 0 Å². The fraction of sp³-hybridized carbons (Fsp3) is 0.200. The molecule has 1 heterocycles. The van der Waals surface area contributed by atoms with Gasteiger partial charge in [0, 0.05) is 5.56 Å². The molecule has 0 bridgehead atoms. The van der Waals surface area contributed by atoms with Gasteiger partial charge in [0.1, 0.15) is 10.8 Å². The summed E-state index contributed by atoms with van der Waals surface area (Å²) < 4.78 is 6.80. The van der Waals surface area contributed by atoms with Crippen molar-refractivity contribution in [3.63, 3.8) is 0 Å². The Labute approximate surface area is 180 Å². The van der Waals surface area contributed by atoms with Crippen LogP contribution >= 0.6 is 11.3 Å². The van der Waals surface area contributed by atoms with Gasteiger partial charge in [-0.3, -0.25) is 4.79 Å². The van der Waals surface area contributed by atoms with E-state index in [1.54, 1.807) is 11.3 Å². The normalized spacial score (nSPS) is 11.9. The van der Waals surface area contributed by atoms with Crippen molar-refractivity contribution in [1.29, 1.82) is 0 Å². The van der Waals surface area contributed by atoms with Crippen LogP contribution in [0, 0.1) is 0 Å². The third-order valence-electron chi connectivity index (χ3n) is 5.16. The minimum atomic E-state index is -0.199. The topological polar surface area (TPSA) is 51.2 Å². The molecule has 152 valence electrons. The maximum Gasteiger partial charge on any atom is 0.262 e. The summed E-state index contributed by atoms with van der Waals surface area (Å²) in [7, 11) is 0. The molecule has 0 aliphatic rings. The van der Waals surface area contributed by atoms with E-state index in [9.17, 15) is 4.79 Å². The lowest BCUT2D eigenvalue weighted by Gasteiger charge is -2.12. The molecule has 30 heavy (non-hydrogen) atoms. The molecule has 0 radical (unpaired) electrons. The predicted octanol–water partition coefficient (Wildman–Crippen LogP) is 6.49. The molecule has 3 aromatic carbocycles. The minimum Gasteiger partial charge on any atom is -0.484 e. The maximum atomic E-state index is 12.5. The molecule has 0 aliphatic carbocycles. The number of nitrogens with zero attached hydrogens (tertiary/aromatic N) is 1. The molecule has 4 aromatic rings. The molecular formula is C25H24N2O2S. The van der Waals surface area contributed by atoms with Gasteiger partial charge in [0.15, 0.2) is 6.61 Å². The van der Waals surface area contributed by atoms with Crippen molar-refractivity contribution in [2.45, 2.75) is 26.2 Å². The van der Waals surface area contributed by atoms with Gasteiger partial charge < -0.3 is 10.1 Å². The summed E-state index contributed by atoms with van der Waals surface area (Å²) in [6, 6.07) is 23.7. The van der Waals surface area contributed by atoms with Crippen molar-refractivity contribution in [2.24, 2.45) is 0 Å². The number of anilines is 1. The molecule has 0 saturated heterocycles. The summed E-state index contributed by atoms with van der Waals surface area (Å²) in [5, 5.41) is 3.85. The van der Waals surface area contributed by atoms with E-state index in [1.165, 1.54) is 5.56 Å². The smallest absolute Gasteiger partial charge is 0.262 e. The Morgan fingerprint density at radius 2 is 1.77 bits per heavy atom. The lowest BCUT2D eigenvalue weighted by molar-refractivity contribution is -0.118. The summed E-state index contributed by atoms with van der Waals surface area (Å²) in [6.07, 6.45) is 1.09. The first-order valence-electron chi connectivity index (χ1n) is 10.1. The zero-order chi connectivity index (χ0) is 20.9. The number of carbonyl (C=O) groups is 1. The van der Waals surface area contributed by atoms with Crippen LogP contribution in [0.1, 0.15) is 31.7 Å². The molecule has 0 spiro atoms. The molecule has 4 nitrogen and oxygen atoms in total. The molecule has 4 rings (SSSR count). The third-order valence-corrected chi connectivity index (χ3v) is 6.23. The number of rotatable bonds is 7. The van der Waals surface area contributed by atoms with Crippen molar-refractivity contribution in [1.82, 2.24) is 4.98 Å². The van der Waals surface area contributed by atoms with Crippen LogP contribution in [0.5, 0.6) is 5.75 Å². The van der Waals surface area contributed by atoms with E-state index < -0.39 is 0 Å². The second-order valence-corrected chi connectivity index (χ2v) is 8.28. The second kappa shape index (κ2) is 9.09. The lowest BCUT2D eigenvalue weighted by atomic mass is 9.99. The number of hydrogen-bond acceptors (Lipinski definition) is 4. The summed E-state index contributed by atoms with van der Waals surface area (Å²) in [6.45, 7) is 4.33. The number of amides is 1. The predicted molar refractivity (Wildman–Crippen MR) is 124 cm³/mol. The molecule has 0 saturated carbocycles. The van der Waals surface area contributed by atoms with Crippen LogP contribution in [-0.2, 0) is 4.79 Å². The number of hydrogen-bond donors (Lipinski definition) is 1. The Bertz CT molecular complexity index is 1120. The number of aromatic nitrogens is 1. The molecule has 1 aromatic heterocycles. The minimum absolute atomic E-state index is 0.0448. The van der Waals surface area contributed by atoms with Crippen LogP contribution in [0.25, 0.3) is 20.8 Å². The van der Waals surface area contributed by atoms with Crippen molar-refractivity contribution in [2.75, 3.05) is 11.9 Å². The standard InChI is InChI=1S/C25H24N2O2S/c1-3-17(2)18-12-14-19(15-13-18)29-16-24(28)26-21-9-5-4-8-20(21)25-27-22-10-6-7-11-23(22)30-25/h4-15,17H,3,16H2,1-2H3,(H,26,28). The Balaban J connectivity index is 1.44. The van der Waals surface area contributed by atoms with Crippen molar-refractivity contribution >= 4 is 33.1 Å². The van der Waals surface area contributed by atoms with Crippen LogP contribution in [0.4, 0.5) is 5.69 Å². The van der Waals surface area contributed by atoms with Gasteiger partial charge in [-0.1, -0.05) is 50.2 Å². The number of para-hydroxylation sites is 2. The van der Waals surface area contributed by atoms with E-state index in [1.807, 2.05) is 54.6 Å². The highest BCUT2D eigenvalue weighted by molar-refractivity contribution is 7.21. The Morgan fingerprint density at radius 3 is 2.53 bits per heavy atom. The van der Waals surface area contributed by atoms with Gasteiger partial charge in [-0.25, -0.2) is 4.98 Å². The van der Waals surface area contributed by atoms with Crippen LogP contribution in [0.15, 0.2) is 72.8 Å². The average molecular weight is 417 g/mol. The van der Waals surface area contributed by atoms with Crippen LogP contribution < -0.4 is 10.1 Å². The van der Waals surface area contributed by atoms with Crippen LogP contribution in [-0.4, -0.2) is 17.5 Å². The largest absolute Gasteiger partial charge is 0.484 e. The van der Waals surface area contributed by atoms with E-state index in [0.29, 0.717) is 11.7 Å². The maximum absolute atomic E-state index is 12.5. The molecule has 1 N–H and O–H groups in total. The summed E-state index contributed by atoms with van der Waals surface area (Å²) >= 11 is 1.61. The number of thiazole rings is 1. The monoisotopic (exact) mass is 416 g/mol. The average Bonchev–Trinajstić information content (AvgIpc) is 3.22. The number of fused-ring (bicyclic) bond motifs is 1. The second-order valence-electron chi connectivity index (χ2n) is 7.25. The highest BCUT2D eigenvalue weighted by Crippen LogP contribution is 2.34. The van der Waals surface area contributed by atoms with E-state index in [2.05, 4.69) is 37.4 Å². The molecule has 1 unspecified atom stereocenters. The van der Waals surface area contributed by atoms with E-state index in [0.717, 1.165) is 32.9 Å². The lowest BCUT2D eigenvalue weighted by Crippen LogP contribution is -2.20. The van der Waals surface area contributed by atoms with Gasteiger partial charge in [0.05, 0.1) is 15.9 Å². The highest BCUT2D eigenvalue weighted by atomic mass is 32.1. The summed E-state index contributed by atoms with van der Waals surface area (Å²) in [5.74, 6) is 1.01. The summed E-state index contributed by atoms with van der Waals surface area (Å²) in [5.41, 5.74) is 3.88. The van der Waals surface area contributed by atoms with Gasteiger partial charge in [-0.15, -0.1) is 11.3 Å². The molecule has 1 amide bonds. The van der Waals surface area contributed by atoms with Crippen molar-refractivity contribution in [3.05, 3.63) is 78.4 Å². The Morgan fingerprint density at radius 1 is 1.03 bits per heavy atom. The van der Waals surface area contributed by atoms with Gasteiger partial charge in [-0.05, 0) is 54.3 Å². The third kappa shape index (κ3) is 4.52. The van der Waals surface area contributed by atoms with Gasteiger partial charge >= 0.3 is 0 Å². The fourth-order valence-electron chi connectivity index (χ4n) is 3.23. The SMILES string of the molecule is CCC(C)c1ccc(OCC(=O)Nc2ccccc2-c2nc3ccccc3s2)cc1. The first-order valence-corrected chi connectivity index (χ1v) is 10.9. The number of ether oxygens (including phenoxy) is 1. The Kier molecular flexibility index (Phi) is 6.10. The zero-order valence-electron chi connectivity index (χ0n) is 17.1. The molecule has 1 atom stereocenters. The first kappa shape index (κ1) is 20.1. The number of nitrogens with one attached hydrogen (secondary N) is 1. The van der Waals surface area contributed by atoms with E-state index >= 15 is 0 Å². The van der Waals surface area contributed by atoms with E-state index in [-0.39, 0.29) is 12.5 Å². The molecule has 5 heteroatoms. The summed E-state index contributed by atoms with van der Waals surface area (Å²) in [4.78, 5) is 17.2. The first-order chi connectivity index (χ1) is 14.6. The quantitative estimate of drug-likeness (QED) is 0.374. The molecule has 0 aliphatic heterocycles. The number of benzene rings is 3. The molecule has 0 fully saturated rings. The van der Waals surface area contributed by atoms with Crippen LogP contribution in [0.3, 0.4) is 0 Å². The van der Waals surface area contributed by atoms with E-state index in [4.69, 9.17) is 9.72 Å².